The van der Waals surface area contributed by atoms with Crippen LogP contribution in [0, 0.1) is 5.92 Å². The predicted octanol–water partition coefficient (Wildman–Crippen LogP) is 2.92. The molecule has 36 heavy (non-hydrogen) atoms. The molecule has 2 unspecified atom stereocenters. The Bertz CT molecular complexity index is 1240. The van der Waals surface area contributed by atoms with Gasteiger partial charge in [-0.05, 0) is 68.0 Å². The van der Waals surface area contributed by atoms with E-state index in [0.29, 0.717) is 31.8 Å². The number of nitrogens with one attached hydrogen (secondary N) is 1. The first kappa shape index (κ1) is 26.7. The van der Waals surface area contributed by atoms with Crippen molar-refractivity contribution >= 4 is 31.6 Å². The second-order valence-corrected chi connectivity index (χ2v) is 13.3. The van der Waals surface area contributed by atoms with Gasteiger partial charge in [0.15, 0.2) is 0 Å². The van der Waals surface area contributed by atoms with Gasteiger partial charge in [0.2, 0.25) is 26.0 Å². The number of nitrogens with zero attached hydrogens (tertiary/aromatic N) is 2. The molecule has 11 heteroatoms. The number of benzene rings is 2. The van der Waals surface area contributed by atoms with Crippen LogP contribution in [-0.4, -0.2) is 70.2 Å². The number of sulfonamides is 2. The molecule has 196 valence electrons. The van der Waals surface area contributed by atoms with E-state index in [0.717, 1.165) is 23.6 Å². The third-order valence-corrected chi connectivity index (χ3v) is 10.2. The zero-order valence-corrected chi connectivity index (χ0v) is 22.0. The van der Waals surface area contributed by atoms with Crippen LogP contribution in [0.4, 0.5) is 5.69 Å². The molecule has 1 amide bonds. The molecule has 0 bridgehead atoms. The summed E-state index contributed by atoms with van der Waals surface area (Å²) >= 11 is 0. The van der Waals surface area contributed by atoms with E-state index < -0.39 is 26.0 Å². The Labute approximate surface area is 213 Å². The minimum atomic E-state index is -4.09. The van der Waals surface area contributed by atoms with E-state index in [1.807, 2.05) is 13.0 Å². The molecule has 2 aliphatic rings. The summed E-state index contributed by atoms with van der Waals surface area (Å²) in [6.07, 6.45) is 3.02. The van der Waals surface area contributed by atoms with Crippen LogP contribution in [0.25, 0.3) is 0 Å². The number of hydrogen-bond donors (Lipinski definition) is 1. The van der Waals surface area contributed by atoms with E-state index in [-0.39, 0.29) is 34.9 Å². The number of para-hydroxylation sites is 1. The SMILES string of the molecule is CC1CCCN(S(=O)(=O)c2ccc(S(=O)(=O)N(CC(=O)Nc3ccccc3)CC3CCCO3)cc2)C1. The number of piperidine rings is 1. The van der Waals surface area contributed by atoms with Crippen molar-refractivity contribution in [2.45, 2.75) is 48.5 Å². The summed E-state index contributed by atoms with van der Waals surface area (Å²) in [6, 6.07) is 14.1. The molecule has 2 heterocycles. The number of amides is 1. The van der Waals surface area contributed by atoms with Crippen molar-refractivity contribution < 1.29 is 26.4 Å². The van der Waals surface area contributed by atoms with Gasteiger partial charge in [0.1, 0.15) is 0 Å². The lowest BCUT2D eigenvalue weighted by atomic mass is 10.0. The molecule has 2 atom stereocenters. The summed E-state index contributed by atoms with van der Waals surface area (Å²) in [4.78, 5) is 12.7. The van der Waals surface area contributed by atoms with Crippen molar-refractivity contribution in [1.82, 2.24) is 8.61 Å². The van der Waals surface area contributed by atoms with E-state index in [1.54, 1.807) is 24.3 Å². The van der Waals surface area contributed by atoms with Crippen molar-refractivity contribution in [1.29, 1.82) is 0 Å². The zero-order valence-electron chi connectivity index (χ0n) is 20.4. The standard InChI is InChI=1S/C25H33N3O6S2/c1-20-7-5-15-27(17-20)35(30,31)23-11-13-24(14-12-23)36(32,33)28(18-22-10-6-16-34-22)19-25(29)26-21-8-3-2-4-9-21/h2-4,8-9,11-14,20,22H,5-7,10,15-19H2,1H3,(H,26,29). The minimum absolute atomic E-state index is 0.0380. The first-order valence-corrected chi connectivity index (χ1v) is 15.1. The molecule has 0 aromatic heterocycles. The van der Waals surface area contributed by atoms with Crippen LogP contribution in [-0.2, 0) is 29.6 Å². The van der Waals surface area contributed by atoms with Gasteiger partial charge in [-0.15, -0.1) is 0 Å². The quantitative estimate of drug-likeness (QED) is 0.528. The van der Waals surface area contributed by atoms with Gasteiger partial charge in [0.05, 0.1) is 22.4 Å². The molecule has 0 saturated carbocycles. The zero-order chi connectivity index (χ0) is 25.8. The maximum atomic E-state index is 13.5. The second kappa shape index (κ2) is 11.4. The number of rotatable bonds is 9. The van der Waals surface area contributed by atoms with Gasteiger partial charge >= 0.3 is 0 Å². The molecule has 2 aromatic carbocycles. The molecule has 2 saturated heterocycles. The smallest absolute Gasteiger partial charge is 0.243 e. The van der Waals surface area contributed by atoms with Crippen LogP contribution >= 0.6 is 0 Å². The monoisotopic (exact) mass is 535 g/mol. The molecule has 2 fully saturated rings. The van der Waals surface area contributed by atoms with Crippen molar-refractivity contribution in [3.8, 4) is 0 Å². The molecule has 2 aromatic rings. The third kappa shape index (κ3) is 6.33. The number of anilines is 1. The van der Waals surface area contributed by atoms with Crippen LogP contribution in [0.15, 0.2) is 64.4 Å². The lowest BCUT2D eigenvalue weighted by molar-refractivity contribution is -0.116. The van der Waals surface area contributed by atoms with Gasteiger partial charge in [0.25, 0.3) is 0 Å². The Morgan fingerprint density at radius 2 is 1.69 bits per heavy atom. The number of carbonyl (C=O) groups excluding carboxylic acids is 1. The Morgan fingerprint density at radius 3 is 2.33 bits per heavy atom. The highest BCUT2D eigenvalue weighted by atomic mass is 32.2. The molecule has 2 aliphatic heterocycles. The highest BCUT2D eigenvalue weighted by Gasteiger charge is 2.32. The lowest BCUT2D eigenvalue weighted by Gasteiger charge is -2.30. The summed E-state index contributed by atoms with van der Waals surface area (Å²) < 4.78 is 61.4. The van der Waals surface area contributed by atoms with Crippen LogP contribution in [0.5, 0.6) is 0 Å². The van der Waals surface area contributed by atoms with E-state index in [1.165, 1.54) is 28.6 Å². The van der Waals surface area contributed by atoms with Crippen LogP contribution in [0.1, 0.15) is 32.6 Å². The van der Waals surface area contributed by atoms with Crippen molar-refractivity contribution in [2.75, 3.05) is 38.1 Å². The van der Waals surface area contributed by atoms with Gasteiger partial charge in [-0.1, -0.05) is 25.1 Å². The van der Waals surface area contributed by atoms with E-state index in [2.05, 4.69) is 5.32 Å². The largest absolute Gasteiger partial charge is 0.377 e. The van der Waals surface area contributed by atoms with E-state index in [9.17, 15) is 21.6 Å². The van der Waals surface area contributed by atoms with Crippen LogP contribution in [0.3, 0.4) is 0 Å². The number of ether oxygens (including phenoxy) is 1. The first-order valence-electron chi connectivity index (χ1n) is 12.2. The average molecular weight is 536 g/mol. The fourth-order valence-corrected chi connectivity index (χ4v) is 7.62. The molecular weight excluding hydrogens is 502 g/mol. The fourth-order valence-electron chi connectivity index (χ4n) is 4.59. The summed E-state index contributed by atoms with van der Waals surface area (Å²) in [5.41, 5.74) is 0.568. The Morgan fingerprint density at radius 1 is 1.00 bits per heavy atom. The van der Waals surface area contributed by atoms with Crippen molar-refractivity contribution in [3.63, 3.8) is 0 Å². The number of hydrogen-bond acceptors (Lipinski definition) is 6. The highest BCUT2D eigenvalue weighted by Crippen LogP contribution is 2.26. The predicted molar refractivity (Wildman–Crippen MR) is 136 cm³/mol. The summed E-state index contributed by atoms with van der Waals surface area (Å²) in [6.45, 7) is 3.13. The lowest BCUT2D eigenvalue weighted by Crippen LogP contribution is -2.42. The van der Waals surface area contributed by atoms with Gasteiger partial charge in [0, 0.05) is 31.9 Å². The highest BCUT2D eigenvalue weighted by molar-refractivity contribution is 7.89. The van der Waals surface area contributed by atoms with E-state index in [4.69, 9.17) is 4.74 Å². The molecule has 0 radical (unpaired) electrons. The molecule has 9 nitrogen and oxygen atoms in total. The fraction of sp³-hybridized carbons (Fsp3) is 0.480. The van der Waals surface area contributed by atoms with Crippen molar-refractivity contribution in [3.05, 3.63) is 54.6 Å². The Balaban J connectivity index is 1.54. The Kier molecular flexibility index (Phi) is 8.46. The van der Waals surface area contributed by atoms with Crippen molar-refractivity contribution in [2.24, 2.45) is 5.92 Å². The molecule has 1 N–H and O–H groups in total. The summed E-state index contributed by atoms with van der Waals surface area (Å²) in [5.74, 6) is -0.192. The average Bonchev–Trinajstić information content (AvgIpc) is 3.37. The second-order valence-electron chi connectivity index (χ2n) is 9.43. The van der Waals surface area contributed by atoms with Crippen LogP contribution in [0.2, 0.25) is 0 Å². The van der Waals surface area contributed by atoms with Gasteiger partial charge in [-0.3, -0.25) is 4.79 Å². The molecule has 0 spiro atoms. The minimum Gasteiger partial charge on any atom is -0.377 e. The maximum Gasteiger partial charge on any atom is 0.243 e. The summed E-state index contributed by atoms with van der Waals surface area (Å²) in [7, 11) is -7.80. The van der Waals surface area contributed by atoms with Gasteiger partial charge in [-0.25, -0.2) is 16.8 Å². The van der Waals surface area contributed by atoms with Gasteiger partial charge in [-0.2, -0.15) is 8.61 Å². The normalized spacial score (nSPS) is 21.5. The molecule has 4 rings (SSSR count). The van der Waals surface area contributed by atoms with Crippen LogP contribution < -0.4 is 5.32 Å². The summed E-state index contributed by atoms with van der Waals surface area (Å²) in [5, 5.41) is 2.72. The first-order chi connectivity index (χ1) is 17.2. The van der Waals surface area contributed by atoms with E-state index >= 15 is 0 Å². The molecular formula is C25H33N3O6S2. The third-order valence-electron chi connectivity index (χ3n) is 6.53. The Hall–Kier alpha value is -2.31. The molecule has 0 aliphatic carbocycles. The number of carbonyl (C=O) groups is 1. The van der Waals surface area contributed by atoms with Gasteiger partial charge < -0.3 is 10.1 Å². The maximum absolute atomic E-state index is 13.5. The topological polar surface area (TPSA) is 113 Å².